The zero-order chi connectivity index (χ0) is 19.3. The van der Waals surface area contributed by atoms with Crippen LogP contribution in [0.2, 0.25) is 0 Å². The van der Waals surface area contributed by atoms with Crippen molar-refractivity contribution in [2.24, 2.45) is 0 Å². The second-order valence-electron chi connectivity index (χ2n) is 7.57. The number of nitrogens with zero attached hydrogens (tertiary/aromatic N) is 7. The molecule has 2 saturated heterocycles. The predicted molar refractivity (Wildman–Crippen MR) is 107 cm³/mol. The van der Waals surface area contributed by atoms with Crippen LogP contribution in [0.3, 0.4) is 0 Å². The lowest BCUT2D eigenvalue weighted by atomic mass is 9.96. The molecule has 3 aromatic heterocycles. The Bertz CT molecular complexity index is 1030. The van der Waals surface area contributed by atoms with Crippen LogP contribution in [0.25, 0.3) is 5.65 Å². The van der Waals surface area contributed by atoms with Crippen LogP contribution >= 0.6 is 11.3 Å². The molecule has 2 aliphatic heterocycles. The molecule has 28 heavy (non-hydrogen) atoms. The SMILES string of the molecule is Cc1nc(C)c(C(=O)N2CCC(c3nnc4ccc(N5CCC5)nn34)CC2)s1. The minimum Gasteiger partial charge on any atom is -0.355 e. The van der Waals surface area contributed by atoms with E-state index in [1.165, 1.54) is 17.8 Å². The van der Waals surface area contributed by atoms with Crippen LogP contribution in [0.5, 0.6) is 0 Å². The Morgan fingerprint density at radius 2 is 1.89 bits per heavy atom. The first-order chi connectivity index (χ1) is 13.6. The fourth-order valence-corrected chi connectivity index (χ4v) is 4.87. The summed E-state index contributed by atoms with van der Waals surface area (Å²) in [7, 11) is 0. The number of thiazole rings is 1. The third-order valence-electron chi connectivity index (χ3n) is 5.70. The van der Waals surface area contributed by atoms with Crippen LogP contribution in [0, 0.1) is 13.8 Å². The largest absolute Gasteiger partial charge is 0.355 e. The van der Waals surface area contributed by atoms with Crippen molar-refractivity contribution in [3.05, 3.63) is 33.5 Å². The van der Waals surface area contributed by atoms with Crippen molar-refractivity contribution in [3.63, 3.8) is 0 Å². The molecule has 2 fully saturated rings. The zero-order valence-corrected chi connectivity index (χ0v) is 16.9. The lowest BCUT2D eigenvalue weighted by molar-refractivity contribution is 0.0714. The quantitative estimate of drug-likeness (QED) is 0.675. The summed E-state index contributed by atoms with van der Waals surface area (Å²) in [6.07, 6.45) is 2.97. The summed E-state index contributed by atoms with van der Waals surface area (Å²) >= 11 is 1.49. The molecule has 9 heteroatoms. The fourth-order valence-electron chi connectivity index (χ4n) is 3.98. The second-order valence-corrected chi connectivity index (χ2v) is 8.78. The number of fused-ring (bicyclic) bond motifs is 1. The van der Waals surface area contributed by atoms with E-state index < -0.39 is 0 Å². The molecule has 0 bridgehead atoms. The van der Waals surface area contributed by atoms with Gasteiger partial charge >= 0.3 is 0 Å². The predicted octanol–water partition coefficient (Wildman–Crippen LogP) is 2.43. The van der Waals surface area contributed by atoms with Crippen LogP contribution in [0.4, 0.5) is 5.82 Å². The maximum Gasteiger partial charge on any atom is 0.265 e. The molecule has 0 atom stereocenters. The van der Waals surface area contributed by atoms with Gasteiger partial charge in [-0.05, 0) is 45.2 Å². The van der Waals surface area contributed by atoms with Gasteiger partial charge in [0.1, 0.15) is 10.7 Å². The smallest absolute Gasteiger partial charge is 0.265 e. The monoisotopic (exact) mass is 397 g/mol. The van der Waals surface area contributed by atoms with Gasteiger partial charge in [-0.1, -0.05) is 0 Å². The maximum atomic E-state index is 12.8. The van der Waals surface area contributed by atoms with Crippen molar-refractivity contribution in [3.8, 4) is 0 Å². The molecule has 0 radical (unpaired) electrons. The van der Waals surface area contributed by atoms with Crippen molar-refractivity contribution in [1.82, 2.24) is 29.7 Å². The van der Waals surface area contributed by atoms with Crippen molar-refractivity contribution in [2.75, 3.05) is 31.1 Å². The highest BCUT2D eigenvalue weighted by Gasteiger charge is 2.29. The normalized spacial score (nSPS) is 17.9. The summed E-state index contributed by atoms with van der Waals surface area (Å²) in [4.78, 5) is 22.2. The summed E-state index contributed by atoms with van der Waals surface area (Å²) in [5.74, 6) is 2.27. The first kappa shape index (κ1) is 17.5. The molecule has 0 unspecified atom stereocenters. The molecule has 0 aromatic carbocycles. The fraction of sp³-hybridized carbons (Fsp3) is 0.526. The molecule has 1 amide bonds. The highest BCUT2D eigenvalue weighted by molar-refractivity contribution is 7.13. The molecule has 8 nitrogen and oxygen atoms in total. The summed E-state index contributed by atoms with van der Waals surface area (Å²) in [6.45, 7) is 7.42. The number of amides is 1. The van der Waals surface area contributed by atoms with Gasteiger partial charge in [0.25, 0.3) is 5.91 Å². The van der Waals surface area contributed by atoms with Crippen molar-refractivity contribution in [1.29, 1.82) is 0 Å². The summed E-state index contributed by atoms with van der Waals surface area (Å²) in [5, 5.41) is 14.4. The first-order valence-corrected chi connectivity index (χ1v) is 10.6. The van der Waals surface area contributed by atoms with E-state index in [1.807, 2.05) is 35.4 Å². The maximum absolute atomic E-state index is 12.8. The van der Waals surface area contributed by atoms with Crippen molar-refractivity contribution >= 4 is 28.7 Å². The minimum atomic E-state index is 0.103. The van der Waals surface area contributed by atoms with Crippen LogP contribution < -0.4 is 4.90 Å². The average molecular weight is 398 g/mol. The van der Waals surface area contributed by atoms with E-state index in [9.17, 15) is 4.79 Å². The number of hydrogen-bond acceptors (Lipinski definition) is 7. The van der Waals surface area contributed by atoms with Crippen LogP contribution in [0.1, 0.15) is 51.4 Å². The van der Waals surface area contributed by atoms with E-state index in [0.717, 1.165) is 71.9 Å². The molecule has 2 aliphatic rings. The number of carbonyl (C=O) groups is 1. The van der Waals surface area contributed by atoms with E-state index in [-0.39, 0.29) is 11.8 Å². The Labute approximate surface area is 167 Å². The second kappa shape index (κ2) is 6.80. The molecule has 0 N–H and O–H groups in total. The summed E-state index contributed by atoms with van der Waals surface area (Å²) in [5.41, 5.74) is 1.62. The topological polar surface area (TPSA) is 79.5 Å². The van der Waals surface area contributed by atoms with Crippen molar-refractivity contribution in [2.45, 2.75) is 39.0 Å². The molecule has 5 rings (SSSR count). The number of carbonyl (C=O) groups excluding carboxylic acids is 1. The van der Waals surface area contributed by atoms with E-state index in [1.54, 1.807) is 0 Å². The van der Waals surface area contributed by atoms with Crippen molar-refractivity contribution < 1.29 is 4.79 Å². The van der Waals surface area contributed by atoms with Gasteiger partial charge < -0.3 is 9.80 Å². The highest BCUT2D eigenvalue weighted by Crippen LogP contribution is 2.29. The van der Waals surface area contributed by atoms with E-state index in [4.69, 9.17) is 5.10 Å². The Hall–Kier alpha value is -2.55. The van der Waals surface area contributed by atoms with Crippen LogP contribution in [-0.4, -0.2) is 61.8 Å². The number of likely N-dealkylation sites (tertiary alicyclic amines) is 1. The van der Waals surface area contributed by atoms with Crippen LogP contribution in [0.15, 0.2) is 12.1 Å². The van der Waals surface area contributed by atoms with E-state index >= 15 is 0 Å². The molecule has 0 aliphatic carbocycles. The summed E-state index contributed by atoms with van der Waals surface area (Å²) in [6, 6.07) is 4.01. The van der Waals surface area contributed by atoms with Crippen LogP contribution in [-0.2, 0) is 0 Å². The number of aromatic nitrogens is 5. The average Bonchev–Trinajstić information content (AvgIpc) is 3.22. The van der Waals surface area contributed by atoms with Gasteiger partial charge in [0, 0.05) is 32.1 Å². The van der Waals surface area contributed by atoms with Gasteiger partial charge in [-0.15, -0.1) is 26.6 Å². The Morgan fingerprint density at radius 1 is 1.11 bits per heavy atom. The lowest BCUT2D eigenvalue weighted by Crippen LogP contribution is -2.38. The minimum absolute atomic E-state index is 0.103. The lowest BCUT2D eigenvalue weighted by Gasteiger charge is -2.32. The summed E-state index contributed by atoms with van der Waals surface area (Å²) < 4.78 is 1.90. The third-order valence-corrected chi connectivity index (χ3v) is 6.76. The highest BCUT2D eigenvalue weighted by atomic mass is 32.1. The Kier molecular flexibility index (Phi) is 4.26. The molecule has 5 heterocycles. The molecular weight excluding hydrogens is 374 g/mol. The molecule has 0 saturated carbocycles. The standard InChI is InChI=1S/C19H23N7OS/c1-12-17(28-13(2)20-12)19(27)25-10-6-14(7-11-25)18-22-21-15-4-5-16(23-26(15)18)24-8-3-9-24/h4-5,14H,3,6-11H2,1-2H3. The van der Waals surface area contributed by atoms with Gasteiger partial charge in [0.2, 0.25) is 0 Å². The molecule has 0 spiro atoms. The molecule has 146 valence electrons. The number of aryl methyl sites for hydroxylation is 2. The van der Waals surface area contributed by atoms with Gasteiger partial charge in [0.05, 0.1) is 10.7 Å². The van der Waals surface area contributed by atoms with E-state index in [0.29, 0.717) is 0 Å². The first-order valence-electron chi connectivity index (χ1n) is 9.81. The van der Waals surface area contributed by atoms with Gasteiger partial charge in [-0.3, -0.25) is 4.79 Å². The van der Waals surface area contributed by atoms with E-state index in [2.05, 4.69) is 20.1 Å². The molecule has 3 aromatic rings. The number of anilines is 1. The van der Waals surface area contributed by atoms with Gasteiger partial charge in [0.15, 0.2) is 11.5 Å². The van der Waals surface area contributed by atoms with Gasteiger partial charge in [-0.25, -0.2) is 4.98 Å². The Balaban J connectivity index is 1.32. The number of hydrogen-bond donors (Lipinski definition) is 0. The number of piperidine rings is 1. The third kappa shape index (κ3) is 2.94. The zero-order valence-electron chi connectivity index (χ0n) is 16.1. The Morgan fingerprint density at radius 3 is 2.54 bits per heavy atom. The van der Waals surface area contributed by atoms with Gasteiger partial charge in [-0.2, -0.15) is 4.52 Å². The molecular formula is C19H23N7OS. The number of rotatable bonds is 3.